The van der Waals surface area contributed by atoms with Crippen LogP contribution >= 0.6 is 11.6 Å². The van der Waals surface area contributed by atoms with E-state index in [4.69, 9.17) is 11.6 Å². The first-order chi connectivity index (χ1) is 10.0. The van der Waals surface area contributed by atoms with Gasteiger partial charge in [-0.25, -0.2) is 13.2 Å². The number of hydrogen-bond acceptors (Lipinski definition) is 1. The molecule has 112 valence electrons. The zero-order valence-corrected chi connectivity index (χ0v) is 12.2. The molecule has 0 heterocycles. The van der Waals surface area contributed by atoms with Crippen molar-refractivity contribution in [2.75, 3.05) is 6.54 Å². The number of likely N-dealkylation sites (N-methyl/N-ethyl adjacent to an activating group) is 1. The summed E-state index contributed by atoms with van der Waals surface area (Å²) < 4.78 is 40.7. The van der Waals surface area contributed by atoms with Crippen LogP contribution in [0.2, 0.25) is 5.02 Å². The molecule has 1 N–H and O–H groups in total. The van der Waals surface area contributed by atoms with Crippen molar-refractivity contribution in [2.24, 2.45) is 0 Å². The van der Waals surface area contributed by atoms with Crippen molar-refractivity contribution >= 4 is 11.6 Å². The van der Waals surface area contributed by atoms with Gasteiger partial charge in [-0.15, -0.1) is 0 Å². The van der Waals surface area contributed by atoms with Crippen LogP contribution in [0.25, 0.3) is 0 Å². The van der Waals surface area contributed by atoms with Gasteiger partial charge in [0.15, 0.2) is 0 Å². The topological polar surface area (TPSA) is 12.0 Å². The van der Waals surface area contributed by atoms with E-state index in [0.29, 0.717) is 12.1 Å². The minimum absolute atomic E-state index is 0.0103. The predicted octanol–water partition coefficient (Wildman–Crippen LogP) is 4.65. The maximum Gasteiger partial charge on any atom is 0.129 e. The number of rotatable bonds is 5. The van der Waals surface area contributed by atoms with E-state index >= 15 is 0 Å². The summed E-state index contributed by atoms with van der Waals surface area (Å²) >= 11 is 6.04. The maximum absolute atomic E-state index is 13.8. The molecule has 0 fully saturated rings. The van der Waals surface area contributed by atoms with E-state index in [1.54, 1.807) is 0 Å². The van der Waals surface area contributed by atoms with Gasteiger partial charge < -0.3 is 5.32 Å². The van der Waals surface area contributed by atoms with Gasteiger partial charge >= 0.3 is 0 Å². The van der Waals surface area contributed by atoms with Gasteiger partial charge in [0.1, 0.15) is 17.5 Å². The Kier molecular flexibility index (Phi) is 5.26. The van der Waals surface area contributed by atoms with Crippen LogP contribution in [0.15, 0.2) is 36.4 Å². The van der Waals surface area contributed by atoms with Gasteiger partial charge in [0.05, 0.1) is 0 Å². The van der Waals surface area contributed by atoms with Gasteiger partial charge in [0.25, 0.3) is 0 Å². The fourth-order valence-corrected chi connectivity index (χ4v) is 2.55. The van der Waals surface area contributed by atoms with Crippen molar-refractivity contribution in [3.63, 3.8) is 0 Å². The molecule has 2 aromatic rings. The number of benzene rings is 2. The van der Waals surface area contributed by atoms with E-state index in [1.165, 1.54) is 36.4 Å². The molecule has 5 heteroatoms. The number of nitrogens with one attached hydrogen (secondary N) is 1. The molecule has 0 saturated carbocycles. The monoisotopic (exact) mass is 313 g/mol. The predicted molar refractivity (Wildman–Crippen MR) is 77.9 cm³/mol. The van der Waals surface area contributed by atoms with Gasteiger partial charge in [0, 0.05) is 16.6 Å². The molecule has 0 radical (unpaired) electrons. The lowest BCUT2D eigenvalue weighted by molar-refractivity contribution is 0.499. The lowest BCUT2D eigenvalue weighted by Crippen LogP contribution is -2.24. The second kappa shape index (κ2) is 6.96. The average molecular weight is 314 g/mol. The number of hydrogen-bond donors (Lipinski definition) is 1. The molecule has 2 aromatic carbocycles. The maximum atomic E-state index is 13.8. The third-order valence-electron chi connectivity index (χ3n) is 3.26. The highest BCUT2D eigenvalue weighted by Gasteiger charge is 2.19. The van der Waals surface area contributed by atoms with E-state index < -0.39 is 23.5 Å². The Bertz CT molecular complexity index is 611. The highest BCUT2D eigenvalue weighted by atomic mass is 35.5. The molecule has 0 aliphatic rings. The highest BCUT2D eigenvalue weighted by Crippen LogP contribution is 2.28. The van der Waals surface area contributed by atoms with E-state index in [2.05, 4.69) is 5.32 Å². The van der Waals surface area contributed by atoms with Gasteiger partial charge in [-0.2, -0.15) is 0 Å². The van der Waals surface area contributed by atoms with Crippen molar-refractivity contribution in [3.8, 4) is 0 Å². The van der Waals surface area contributed by atoms with Crippen molar-refractivity contribution in [1.29, 1.82) is 0 Å². The van der Waals surface area contributed by atoms with Crippen LogP contribution < -0.4 is 5.32 Å². The summed E-state index contributed by atoms with van der Waals surface area (Å²) in [5.41, 5.74) is 0.603. The lowest BCUT2D eigenvalue weighted by Gasteiger charge is -2.20. The molecule has 21 heavy (non-hydrogen) atoms. The lowest BCUT2D eigenvalue weighted by atomic mass is 9.98. The zero-order chi connectivity index (χ0) is 15.4. The van der Waals surface area contributed by atoms with Gasteiger partial charge in [0.2, 0.25) is 0 Å². The first-order valence-electron chi connectivity index (χ1n) is 6.64. The van der Waals surface area contributed by atoms with Crippen LogP contribution in [-0.2, 0) is 6.42 Å². The summed E-state index contributed by atoms with van der Waals surface area (Å²) in [5.74, 6) is -1.65. The molecule has 0 aromatic heterocycles. The van der Waals surface area contributed by atoms with Crippen molar-refractivity contribution in [3.05, 3.63) is 70.0 Å². The molecule has 0 saturated heterocycles. The molecule has 0 aliphatic heterocycles. The Morgan fingerprint density at radius 1 is 1.10 bits per heavy atom. The normalized spacial score (nSPS) is 12.4. The molecular formula is C16H15ClF3N. The molecule has 1 atom stereocenters. The molecule has 1 unspecified atom stereocenters. The molecule has 0 aliphatic carbocycles. The Labute approximate surface area is 126 Å². The van der Waals surface area contributed by atoms with E-state index in [1.807, 2.05) is 6.92 Å². The van der Waals surface area contributed by atoms with Crippen LogP contribution in [-0.4, -0.2) is 6.54 Å². The van der Waals surface area contributed by atoms with Crippen LogP contribution in [0.4, 0.5) is 13.2 Å². The summed E-state index contributed by atoms with van der Waals surface area (Å²) in [7, 11) is 0. The Morgan fingerprint density at radius 3 is 2.33 bits per heavy atom. The molecule has 1 nitrogen and oxygen atoms in total. The van der Waals surface area contributed by atoms with Crippen LogP contribution in [0, 0.1) is 17.5 Å². The van der Waals surface area contributed by atoms with E-state index in [-0.39, 0.29) is 17.0 Å². The van der Waals surface area contributed by atoms with Crippen LogP contribution in [0.5, 0.6) is 0 Å². The molecular weight excluding hydrogens is 299 g/mol. The fourth-order valence-electron chi connectivity index (χ4n) is 2.25. The quantitative estimate of drug-likeness (QED) is 0.847. The molecule has 0 spiro atoms. The van der Waals surface area contributed by atoms with Gasteiger partial charge in [-0.05, 0) is 42.8 Å². The summed E-state index contributed by atoms with van der Waals surface area (Å²) in [4.78, 5) is 0. The summed E-state index contributed by atoms with van der Waals surface area (Å²) in [6.07, 6.45) is 0.0949. The van der Waals surface area contributed by atoms with Crippen molar-refractivity contribution in [2.45, 2.75) is 19.4 Å². The minimum atomic E-state index is -0.601. The molecule has 0 bridgehead atoms. The van der Waals surface area contributed by atoms with Gasteiger partial charge in [-0.3, -0.25) is 0 Å². The third-order valence-corrected chi connectivity index (χ3v) is 3.59. The third kappa shape index (κ3) is 3.77. The van der Waals surface area contributed by atoms with Gasteiger partial charge in [-0.1, -0.05) is 30.7 Å². The van der Waals surface area contributed by atoms with Crippen LogP contribution in [0.3, 0.4) is 0 Å². The van der Waals surface area contributed by atoms with Crippen LogP contribution in [0.1, 0.15) is 24.1 Å². The standard InChI is InChI=1S/C16H15ClF3N/c1-2-21-16(11-7-6-10(18)8-13(11)17)9-12-14(19)4-3-5-15(12)20/h3-8,16,21H,2,9H2,1H3. The van der Waals surface area contributed by atoms with Crippen molar-refractivity contribution < 1.29 is 13.2 Å². The summed E-state index contributed by atoms with van der Waals surface area (Å²) in [5, 5.41) is 3.36. The summed E-state index contributed by atoms with van der Waals surface area (Å²) in [6.45, 7) is 2.47. The minimum Gasteiger partial charge on any atom is -0.310 e. The highest BCUT2D eigenvalue weighted by molar-refractivity contribution is 6.31. The fraction of sp³-hybridized carbons (Fsp3) is 0.250. The smallest absolute Gasteiger partial charge is 0.129 e. The summed E-state index contributed by atoms with van der Waals surface area (Å²) in [6, 6.07) is 7.36. The Balaban J connectivity index is 2.35. The largest absolute Gasteiger partial charge is 0.310 e. The Morgan fingerprint density at radius 2 is 1.76 bits per heavy atom. The van der Waals surface area contributed by atoms with Crippen molar-refractivity contribution in [1.82, 2.24) is 5.32 Å². The van der Waals surface area contributed by atoms with E-state index in [9.17, 15) is 13.2 Å². The number of halogens is 4. The second-order valence-electron chi connectivity index (χ2n) is 4.68. The average Bonchev–Trinajstić information content (AvgIpc) is 2.42. The van der Waals surface area contributed by atoms with E-state index in [0.717, 1.165) is 0 Å². The zero-order valence-electron chi connectivity index (χ0n) is 11.5. The first-order valence-corrected chi connectivity index (χ1v) is 7.02. The Hall–Kier alpha value is -1.52. The molecule has 2 rings (SSSR count). The SMILES string of the molecule is CCNC(Cc1c(F)cccc1F)c1ccc(F)cc1Cl. The molecule has 0 amide bonds. The second-order valence-corrected chi connectivity index (χ2v) is 5.09. The first kappa shape index (κ1) is 15.9.